The Morgan fingerprint density at radius 1 is 1.11 bits per heavy atom. The fourth-order valence-electron chi connectivity index (χ4n) is 3.24. The number of methoxy groups -OCH3 is 2. The summed E-state index contributed by atoms with van der Waals surface area (Å²) in [7, 11) is 3.27. The minimum absolute atomic E-state index is 0.0252. The van der Waals surface area contributed by atoms with Crippen molar-refractivity contribution in [1.82, 2.24) is 0 Å². The second kappa shape index (κ2) is 5.83. The molecule has 1 aromatic rings. The number of hydrogen-bond acceptors (Lipinski definition) is 3. The maximum absolute atomic E-state index is 10.8. The monoisotopic (exact) mass is 264 g/mol. The molecule has 3 heteroatoms. The molecule has 0 bridgehead atoms. The van der Waals surface area contributed by atoms with Gasteiger partial charge in [0, 0.05) is 11.5 Å². The standard InChI is InChI=1S/C16H24O3/c1-4-16(7-5-6-8-16)15(17)12-9-13(18-2)11-14(10-12)19-3/h9-11,15,17H,4-8H2,1-3H3. The first-order valence-corrected chi connectivity index (χ1v) is 7.06. The van der Waals surface area contributed by atoms with Gasteiger partial charge in [-0.05, 0) is 37.0 Å². The average molecular weight is 264 g/mol. The second-order valence-corrected chi connectivity index (χ2v) is 5.47. The van der Waals surface area contributed by atoms with E-state index in [-0.39, 0.29) is 5.41 Å². The van der Waals surface area contributed by atoms with E-state index >= 15 is 0 Å². The molecule has 1 saturated carbocycles. The van der Waals surface area contributed by atoms with E-state index in [1.807, 2.05) is 18.2 Å². The van der Waals surface area contributed by atoms with E-state index in [4.69, 9.17) is 9.47 Å². The number of hydrogen-bond donors (Lipinski definition) is 1. The summed E-state index contributed by atoms with van der Waals surface area (Å²) in [5.74, 6) is 1.47. The Morgan fingerprint density at radius 2 is 1.63 bits per heavy atom. The highest BCUT2D eigenvalue weighted by Crippen LogP contribution is 2.50. The van der Waals surface area contributed by atoms with Gasteiger partial charge in [0.15, 0.2) is 0 Å². The topological polar surface area (TPSA) is 38.7 Å². The van der Waals surface area contributed by atoms with Crippen LogP contribution >= 0.6 is 0 Å². The molecule has 1 unspecified atom stereocenters. The van der Waals surface area contributed by atoms with Gasteiger partial charge in [-0.1, -0.05) is 19.8 Å². The Kier molecular flexibility index (Phi) is 4.35. The maximum atomic E-state index is 10.8. The number of aliphatic hydroxyl groups excluding tert-OH is 1. The van der Waals surface area contributed by atoms with Crippen LogP contribution in [0.25, 0.3) is 0 Å². The summed E-state index contributed by atoms with van der Waals surface area (Å²) in [6.45, 7) is 2.17. The average Bonchev–Trinajstić information content (AvgIpc) is 2.95. The summed E-state index contributed by atoms with van der Waals surface area (Å²) in [4.78, 5) is 0. The Hall–Kier alpha value is -1.22. The number of aliphatic hydroxyl groups is 1. The molecule has 1 N–H and O–H groups in total. The van der Waals surface area contributed by atoms with Crippen LogP contribution < -0.4 is 9.47 Å². The van der Waals surface area contributed by atoms with E-state index in [9.17, 15) is 5.11 Å². The third-order valence-corrected chi connectivity index (χ3v) is 4.57. The molecule has 0 radical (unpaired) electrons. The number of rotatable bonds is 5. The summed E-state index contributed by atoms with van der Waals surface area (Å²) in [6.07, 6.45) is 5.20. The summed E-state index contributed by atoms with van der Waals surface area (Å²) < 4.78 is 10.6. The Morgan fingerprint density at radius 3 is 2.05 bits per heavy atom. The summed E-state index contributed by atoms with van der Waals surface area (Å²) in [6, 6.07) is 5.68. The first-order valence-electron chi connectivity index (χ1n) is 7.06. The predicted octanol–water partition coefficient (Wildman–Crippen LogP) is 3.71. The quantitative estimate of drug-likeness (QED) is 0.881. The van der Waals surface area contributed by atoms with Crippen molar-refractivity contribution in [2.24, 2.45) is 5.41 Å². The number of ether oxygens (including phenoxy) is 2. The fraction of sp³-hybridized carbons (Fsp3) is 0.625. The molecule has 1 atom stereocenters. The maximum Gasteiger partial charge on any atom is 0.122 e. The fourth-order valence-corrected chi connectivity index (χ4v) is 3.24. The zero-order valence-corrected chi connectivity index (χ0v) is 12.1. The largest absolute Gasteiger partial charge is 0.497 e. The first-order chi connectivity index (χ1) is 9.15. The van der Waals surface area contributed by atoms with Crippen molar-refractivity contribution in [3.8, 4) is 11.5 Å². The smallest absolute Gasteiger partial charge is 0.122 e. The van der Waals surface area contributed by atoms with E-state index < -0.39 is 6.10 Å². The van der Waals surface area contributed by atoms with Crippen LogP contribution in [0.3, 0.4) is 0 Å². The molecule has 0 aliphatic heterocycles. The highest BCUT2D eigenvalue weighted by Gasteiger charge is 2.39. The molecular formula is C16H24O3. The van der Waals surface area contributed by atoms with Gasteiger partial charge in [-0.25, -0.2) is 0 Å². The molecule has 106 valence electrons. The second-order valence-electron chi connectivity index (χ2n) is 5.47. The molecule has 0 spiro atoms. The number of benzene rings is 1. The van der Waals surface area contributed by atoms with Crippen LogP contribution in [0, 0.1) is 5.41 Å². The van der Waals surface area contributed by atoms with E-state index in [1.165, 1.54) is 12.8 Å². The van der Waals surface area contributed by atoms with Crippen LogP contribution in [0.1, 0.15) is 50.7 Å². The van der Waals surface area contributed by atoms with Gasteiger partial charge >= 0.3 is 0 Å². The van der Waals surface area contributed by atoms with Gasteiger partial charge in [-0.15, -0.1) is 0 Å². The Balaban J connectivity index is 2.34. The predicted molar refractivity (Wildman–Crippen MR) is 75.7 cm³/mol. The van der Waals surface area contributed by atoms with E-state index in [0.29, 0.717) is 0 Å². The lowest BCUT2D eigenvalue weighted by molar-refractivity contribution is 0.0235. The van der Waals surface area contributed by atoms with Crippen LogP contribution in [0.4, 0.5) is 0 Å². The SMILES string of the molecule is CCC1(C(O)c2cc(OC)cc(OC)c2)CCCC1. The summed E-state index contributed by atoms with van der Waals surface area (Å²) >= 11 is 0. The zero-order valence-electron chi connectivity index (χ0n) is 12.1. The summed E-state index contributed by atoms with van der Waals surface area (Å²) in [5.41, 5.74) is 0.928. The molecular weight excluding hydrogens is 240 g/mol. The van der Waals surface area contributed by atoms with Crippen LogP contribution in [-0.2, 0) is 0 Å². The molecule has 1 aromatic carbocycles. The van der Waals surface area contributed by atoms with Gasteiger partial charge in [0.25, 0.3) is 0 Å². The van der Waals surface area contributed by atoms with Gasteiger partial charge in [-0.2, -0.15) is 0 Å². The van der Waals surface area contributed by atoms with Gasteiger partial charge in [0.05, 0.1) is 20.3 Å². The van der Waals surface area contributed by atoms with Crippen molar-refractivity contribution in [1.29, 1.82) is 0 Å². The Bertz CT molecular complexity index is 400. The molecule has 3 nitrogen and oxygen atoms in total. The molecule has 1 aliphatic rings. The molecule has 0 amide bonds. The third kappa shape index (κ3) is 2.71. The van der Waals surface area contributed by atoms with Crippen molar-refractivity contribution in [3.63, 3.8) is 0 Å². The van der Waals surface area contributed by atoms with Gasteiger partial charge in [0.2, 0.25) is 0 Å². The highest BCUT2D eigenvalue weighted by atomic mass is 16.5. The molecule has 1 fully saturated rings. The van der Waals surface area contributed by atoms with Crippen LogP contribution in [0.2, 0.25) is 0 Å². The van der Waals surface area contributed by atoms with Crippen LogP contribution in [-0.4, -0.2) is 19.3 Å². The Labute approximate surface area is 115 Å². The van der Waals surface area contributed by atoms with Gasteiger partial charge in [0.1, 0.15) is 11.5 Å². The van der Waals surface area contributed by atoms with E-state index in [1.54, 1.807) is 14.2 Å². The summed E-state index contributed by atoms with van der Waals surface area (Å²) in [5, 5.41) is 10.8. The first kappa shape index (κ1) is 14.2. The van der Waals surface area contributed by atoms with E-state index in [0.717, 1.165) is 36.3 Å². The van der Waals surface area contributed by atoms with Crippen molar-refractivity contribution < 1.29 is 14.6 Å². The van der Waals surface area contributed by atoms with Crippen molar-refractivity contribution >= 4 is 0 Å². The highest BCUT2D eigenvalue weighted by molar-refractivity contribution is 5.40. The van der Waals surface area contributed by atoms with Crippen molar-refractivity contribution in [2.75, 3.05) is 14.2 Å². The molecule has 19 heavy (non-hydrogen) atoms. The van der Waals surface area contributed by atoms with E-state index in [2.05, 4.69) is 6.92 Å². The lowest BCUT2D eigenvalue weighted by Crippen LogP contribution is -2.25. The molecule has 2 rings (SSSR count). The van der Waals surface area contributed by atoms with Crippen LogP contribution in [0.5, 0.6) is 11.5 Å². The molecule has 1 aliphatic carbocycles. The third-order valence-electron chi connectivity index (χ3n) is 4.57. The zero-order chi connectivity index (χ0) is 13.9. The minimum atomic E-state index is -0.441. The molecule has 0 heterocycles. The van der Waals surface area contributed by atoms with Crippen molar-refractivity contribution in [2.45, 2.75) is 45.1 Å². The molecule has 0 aromatic heterocycles. The normalized spacial score (nSPS) is 19.2. The molecule has 0 saturated heterocycles. The van der Waals surface area contributed by atoms with Gasteiger partial charge in [-0.3, -0.25) is 0 Å². The van der Waals surface area contributed by atoms with Gasteiger partial charge < -0.3 is 14.6 Å². The lowest BCUT2D eigenvalue weighted by atomic mass is 9.75. The minimum Gasteiger partial charge on any atom is -0.497 e. The lowest BCUT2D eigenvalue weighted by Gasteiger charge is -2.33. The van der Waals surface area contributed by atoms with Crippen molar-refractivity contribution in [3.05, 3.63) is 23.8 Å². The van der Waals surface area contributed by atoms with Crippen LogP contribution in [0.15, 0.2) is 18.2 Å².